The predicted octanol–water partition coefficient (Wildman–Crippen LogP) is 5.18. The first kappa shape index (κ1) is 20.9. The van der Waals surface area contributed by atoms with E-state index in [1.807, 2.05) is 25.1 Å². The monoisotopic (exact) mass is 427 g/mol. The van der Waals surface area contributed by atoms with Gasteiger partial charge in [-0.3, -0.25) is 4.79 Å². The molecule has 1 saturated carbocycles. The van der Waals surface area contributed by atoms with E-state index in [-0.39, 0.29) is 11.7 Å². The summed E-state index contributed by atoms with van der Waals surface area (Å²) in [6.45, 7) is 1.87. The van der Waals surface area contributed by atoms with Gasteiger partial charge >= 0.3 is 0 Å². The van der Waals surface area contributed by atoms with Crippen molar-refractivity contribution in [2.45, 2.75) is 50.0 Å². The first-order valence-corrected chi connectivity index (χ1v) is 11.8. The van der Waals surface area contributed by atoms with Crippen LogP contribution in [0.1, 0.15) is 39.0 Å². The normalized spacial score (nSPS) is 16.0. The summed E-state index contributed by atoms with van der Waals surface area (Å²) in [6, 6.07) is 9.78. The number of nitrogens with zero attached hydrogens (tertiary/aromatic N) is 1. The Kier molecular flexibility index (Phi) is 6.16. The van der Waals surface area contributed by atoms with E-state index >= 15 is 0 Å². The van der Waals surface area contributed by atoms with E-state index in [1.54, 1.807) is 13.2 Å². The molecule has 1 fully saturated rings. The van der Waals surface area contributed by atoms with E-state index in [9.17, 15) is 13.7 Å². The fraction of sp³-hybridized carbons (Fsp3) is 0.375. The van der Waals surface area contributed by atoms with Crippen LogP contribution in [0.2, 0.25) is 0 Å². The minimum absolute atomic E-state index is 0.135. The van der Waals surface area contributed by atoms with Crippen LogP contribution in [-0.2, 0) is 18.2 Å². The lowest BCUT2D eigenvalue weighted by atomic mass is 9.97. The number of ether oxygens (including phenoxy) is 1. The van der Waals surface area contributed by atoms with Crippen molar-refractivity contribution >= 4 is 21.9 Å². The van der Waals surface area contributed by atoms with Crippen LogP contribution in [0, 0.1) is 5.82 Å². The molecule has 4 rings (SSSR count). The summed E-state index contributed by atoms with van der Waals surface area (Å²) in [5.41, 5.74) is 1.26. The average Bonchev–Trinajstić information content (AvgIpc) is 2.76. The van der Waals surface area contributed by atoms with E-state index in [2.05, 4.69) is 0 Å². The Balaban J connectivity index is 1.92. The maximum atomic E-state index is 14.1. The van der Waals surface area contributed by atoms with Crippen LogP contribution >= 0.6 is 0 Å². The number of aryl methyl sites for hydroxylation is 1. The first-order chi connectivity index (χ1) is 14.5. The van der Waals surface area contributed by atoms with Gasteiger partial charge in [0.05, 0.1) is 6.10 Å². The summed E-state index contributed by atoms with van der Waals surface area (Å²) in [5, 5.41) is 0.980. The molecule has 2 aromatic carbocycles. The van der Waals surface area contributed by atoms with Gasteiger partial charge in [-0.05, 0) is 79.5 Å². The van der Waals surface area contributed by atoms with Crippen molar-refractivity contribution < 1.29 is 13.7 Å². The zero-order chi connectivity index (χ0) is 21.3. The van der Waals surface area contributed by atoms with Gasteiger partial charge in [-0.2, -0.15) is 0 Å². The Labute approximate surface area is 178 Å². The maximum absolute atomic E-state index is 14.1. The summed E-state index contributed by atoms with van der Waals surface area (Å²) in [6.07, 6.45) is 7.38. The lowest BCUT2D eigenvalue weighted by molar-refractivity contribution is 0.155. The Hall–Kier alpha value is -2.31. The molecule has 1 heterocycles. The summed E-state index contributed by atoms with van der Waals surface area (Å²) in [7, 11) is 1.68. The molecule has 4 nitrogen and oxygen atoms in total. The van der Waals surface area contributed by atoms with Gasteiger partial charge in [0.15, 0.2) is 4.90 Å². The van der Waals surface area contributed by atoms with Gasteiger partial charge in [-0.25, -0.2) is 4.39 Å². The highest BCUT2D eigenvalue weighted by atomic mass is 32.2. The molecule has 0 aliphatic heterocycles. The van der Waals surface area contributed by atoms with Crippen molar-refractivity contribution in [3.8, 4) is 16.9 Å². The molecule has 158 valence electrons. The molecule has 0 spiro atoms. The van der Waals surface area contributed by atoms with E-state index in [4.69, 9.17) is 4.74 Å². The standard InChI is InChI=1S/C24H26FNO3S/c1-3-30(28)18-10-12-23(29-17-7-5-4-6-8-17)21(14-18)22-15-26(2)24(27)19-11-9-16(25)13-20(19)22/h9-15,17H,3-8H2,1-2H3. The van der Waals surface area contributed by atoms with Crippen molar-refractivity contribution in [3.63, 3.8) is 0 Å². The highest BCUT2D eigenvalue weighted by Gasteiger charge is 2.21. The lowest BCUT2D eigenvalue weighted by Gasteiger charge is -2.25. The number of rotatable bonds is 5. The Morgan fingerprint density at radius 2 is 1.87 bits per heavy atom. The van der Waals surface area contributed by atoms with E-state index < -0.39 is 17.0 Å². The number of halogens is 1. The van der Waals surface area contributed by atoms with Crippen molar-refractivity contribution in [1.82, 2.24) is 4.57 Å². The second-order valence-electron chi connectivity index (χ2n) is 7.82. The lowest BCUT2D eigenvalue weighted by Crippen LogP contribution is -2.20. The van der Waals surface area contributed by atoms with Crippen LogP contribution in [0.15, 0.2) is 52.3 Å². The van der Waals surface area contributed by atoms with E-state index in [1.165, 1.54) is 29.2 Å². The third-order valence-electron chi connectivity index (χ3n) is 5.76. The SMILES string of the molecule is CC[S+]([O-])c1ccc(OC2CCCCC2)c(-c2cn(C)c(=O)c3ccc(F)cc23)c1. The van der Waals surface area contributed by atoms with Crippen molar-refractivity contribution in [1.29, 1.82) is 0 Å². The molecule has 1 aliphatic carbocycles. The zero-order valence-electron chi connectivity index (χ0n) is 17.3. The molecule has 1 aliphatic rings. The minimum atomic E-state index is -1.14. The summed E-state index contributed by atoms with van der Waals surface area (Å²) < 4.78 is 34.5. The van der Waals surface area contributed by atoms with Gasteiger partial charge < -0.3 is 13.9 Å². The van der Waals surface area contributed by atoms with Gasteiger partial charge in [-0.15, -0.1) is 0 Å². The highest BCUT2D eigenvalue weighted by molar-refractivity contribution is 7.91. The minimum Gasteiger partial charge on any atom is -0.611 e. The summed E-state index contributed by atoms with van der Waals surface area (Å²) >= 11 is -1.14. The topological polar surface area (TPSA) is 54.3 Å². The van der Waals surface area contributed by atoms with Gasteiger partial charge in [0.1, 0.15) is 17.3 Å². The first-order valence-electron chi connectivity index (χ1n) is 10.5. The molecular weight excluding hydrogens is 401 g/mol. The molecule has 0 radical (unpaired) electrons. The molecule has 0 saturated heterocycles. The molecule has 0 amide bonds. The molecule has 6 heteroatoms. The van der Waals surface area contributed by atoms with Crippen molar-refractivity contribution in [2.75, 3.05) is 5.75 Å². The van der Waals surface area contributed by atoms with Gasteiger partial charge in [0.2, 0.25) is 0 Å². The fourth-order valence-electron chi connectivity index (χ4n) is 4.15. The number of fused-ring (bicyclic) bond motifs is 1. The molecular formula is C24H26FNO3S. The zero-order valence-corrected chi connectivity index (χ0v) is 18.1. The third kappa shape index (κ3) is 4.12. The van der Waals surface area contributed by atoms with Crippen molar-refractivity contribution in [3.05, 3.63) is 58.8 Å². The smallest absolute Gasteiger partial charge is 0.258 e. The predicted molar refractivity (Wildman–Crippen MR) is 119 cm³/mol. The second-order valence-corrected chi connectivity index (χ2v) is 9.56. The molecule has 1 unspecified atom stereocenters. The van der Waals surface area contributed by atoms with Crippen LogP contribution in [-0.4, -0.2) is 21.0 Å². The average molecular weight is 428 g/mol. The number of aromatic nitrogens is 1. The van der Waals surface area contributed by atoms with E-state index in [0.29, 0.717) is 32.7 Å². The molecule has 30 heavy (non-hydrogen) atoms. The molecule has 1 atom stereocenters. The van der Waals surface area contributed by atoms with Crippen LogP contribution in [0.5, 0.6) is 5.75 Å². The largest absolute Gasteiger partial charge is 0.611 e. The van der Waals surface area contributed by atoms with Crippen LogP contribution in [0.4, 0.5) is 4.39 Å². The number of hydrogen-bond acceptors (Lipinski definition) is 3. The third-order valence-corrected chi connectivity index (χ3v) is 7.06. The van der Waals surface area contributed by atoms with E-state index in [0.717, 1.165) is 31.2 Å². The summed E-state index contributed by atoms with van der Waals surface area (Å²) in [5.74, 6) is 0.785. The second kappa shape index (κ2) is 8.82. The molecule has 0 bridgehead atoms. The summed E-state index contributed by atoms with van der Waals surface area (Å²) in [4.78, 5) is 13.3. The number of pyridine rings is 1. The Bertz CT molecular complexity index is 1120. The highest BCUT2D eigenvalue weighted by Crippen LogP contribution is 2.38. The van der Waals surface area contributed by atoms with Crippen LogP contribution in [0.25, 0.3) is 21.9 Å². The van der Waals surface area contributed by atoms with Crippen LogP contribution < -0.4 is 10.3 Å². The quantitative estimate of drug-likeness (QED) is 0.527. The van der Waals surface area contributed by atoms with Crippen LogP contribution in [0.3, 0.4) is 0 Å². The Morgan fingerprint density at radius 3 is 2.60 bits per heavy atom. The molecule has 3 aromatic rings. The van der Waals surface area contributed by atoms with Gasteiger partial charge in [0, 0.05) is 35.8 Å². The van der Waals surface area contributed by atoms with Crippen molar-refractivity contribution in [2.24, 2.45) is 7.05 Å². The van der Waals surface area contributed by atoms with Gasteiger partial charge in [0.25, 0.3) is 5.56 Å². The molecule has 0 N–H and O–H groups in total. The maximum Gasteiger partial charge on any atom is 0.258 e. The fourth-order valence-corrected chi connectivity index (χ4v) is 4.95. The number of benzene rings is 2. The van der Waals surface area contributed by atoms with Gasteiger partial charge in [-0.1, -0.05) is 6.42 Å². The number of hydrogen-bond donors (Lipinski definition) is 0. The Morgan fingerprint density at radius 1 is 1.10 bits per heavy atom. The molecule has 1 aromatic heterocycles.